The second-order valence-electron chi connectivity index (χ2n) is 6.82. The Morgan fingerprint density at radius 1 is 0.968 bits per heavy atom. The molecule has 1 unspecified atom stereocenters. The third kappa shape index (κ3) is 4.82. The van der Waals surface area contributed by atoms with Gasteiger partial charge in [-0.2, -0.15) is 10.5 Å². The zero-order chi connectivity index (χ0) is 21.6. The van der Waals surface area contributed by atoms with Crippen LogP contribution in [0.3, 0.4) is 0 Å². The van der Waals surface area contributed by atoms with Crippen molar-refractivity contribution in [3.8, 4) is 23.3 Å². The summed E-state index contributed by atoms with van der Waals surface area (Å²) in [6.45, 7) is 0.329. The molecule has 1 heterocycles. The van der Waals surface area contributed by atoms with E-state index < -0.39 is 0 Å². The molecule has 0 saturated carbocycles. The maximum absolute atomic E-state index is 9.35. The van der Waals surface area contributed by atoms with Crippen LogP contribution in [-0.2, 0) is 11.3 Å². The molecular weight excluding hydrogens is 426 g/mol. The predicted octanol–water partition coefficient (Wildman–Crippen LogP) is 6.51. The average molecular weight is 442 g/mol. The zero-order valence-corrected chi connectivity index (χ0v) is 17.9. The van der Waals surface area contributed by atoms with Crippen molar-refractivity contribution in [3.05, 3.63) is 111 Å². The van der Waals surface area contributed by atoms with Gasteiger partial charge in [-0.3, -0.25) is 4.98 Å². The molecule has 0 amide bonds. The molecule has 150 valence electrons. The number of nitrogens with zero attached hydrogens (tertiary/aromatic N) is 3. The van der Waals surface area contributed by atoms with E-state index >= 15 is 0 Å². The van der Waals surface area contributed by atoms with Crippen molar-refractivity contribution in [2.24, 2.45) is 0 Å². The first-order valence-corrected chi connectivity index (χ1v) is 10.7. The van der Waals surface area contributed by atoms with Crippen molar-refractivity contribution in [1.29, 1.82) is 10.5 Å². The van der Waals surface area contributed by atoms with Crippen LogP contribution < -0.4 is 0 Å². The third-order valence-electron chi connectivity index (χ3n) is 4.83. The quantitative estimate of drug-likeness (QED) is 0.342. The molecule has 4 nitrogen and oxygen atoms in total. The largest absolute Gasteiger partial charge is 0.363 e. The zero-order valence-electron chi connectivity index (χ0n) is 16.3. The molecule has 0 aliphatic carbocycles. The van der Waals surface area contributed by atoms with Crippen LogP contribution in [0.5, 0.6) is 0 Å². The lowest BCUT2D eigenvalue weighted by molar-refractivity contribution is 0.0691. The maximum Gasteiger partial charge on any atom is 0.119 e. The Kier molecular flexibility index (Phi) is 6.40. The van der Waals surface area contributed by atoms with Crippen molar-refractivity contribution in [2.75, 3.05) is 0 Å². The molecule has 0 radical (unpaired) electrons. The van der Waals surface area contributed by atoms with Gasteiger partial charge in [0.2, 0.25) is 0 Å². The fourth-order valence-corrected chi connectivity index (χ4v) is 4.18. The number of halogens is 1. The first kappa shape index (κ1) is 20.8. The van der Waals surface area contributed by atoms with Crippen molar-refractivity contribution in [3.63, 3.8) is 0 Å². The van der Waals surface area contributed by atoms with E-state index in [1.54, 1.807) is 29.9 Å². The molecule has 3 aromatic carbocycles. The van der Waals surface area contributed by atoms with E-state index in [1.807, 2.05) is 48.5 Å². The second kappa shape index (κ2) is 9.55. The van der Waals surface area contributed by atoms with E-state index in [-0.39, 0.29) is 6.10 Å². The van der Waals surface area contributed by atoms with Gasteiger partial charge in [-0.25, -0.2) is 0 Å². The Balaban J connectivity index is 1.67. The Labute approximate surface area is 189 Å². The molecule has 1 aromatic heterocycles. The van der Waals surface area contributed by atoms with Gasteiger partial charge in [0.25, 0.3) is 0 Å². The number of thiazole rings is 1. The van der Waals surface area contributed by atoms with Gasteiger partial charge in [0.05, 0.1) is 40.3 Å². The third-order valence-corrected chi connectivity index (χ3v) is 5.89. The van der Waals surface area contributed by atoms with Gasteiger partial charge < -0.3 is 4.74 Å². The number of rotatable bonds is 6. The summed E-state index contributed by atoms with van der Waals surface area (Å²) in [6, 6.07) is 24.8. The number of hydrogen-bond donors (Lipinski definition) is 0. The molecule has 0 aliphatic rings. The van der Waals surface area contributed by atoms with Gasteiger partial charge in [-0.05, 0) is 58.7 Å². The summed E-state index contributed by atoms with van der Waals surface area (Å²) >= 11 is 7.71. The lowest BCUT2D eigenvalue weighted by Gasteiger charge is -2.19. The summed E-state index contributed by atoms with van der Waals surface area (Å²) in [5, 5.41) is 19.1. The molecule has 4 rings (SSSR count). The van der Waals surface area contributed by atoms with Crippen molar-refractivity contribution in [2.45, 2.75) is 12.7 Å². The Morgan fingerprint density at radius 2 is 1.74 bits per heavy atom. The average Bonchev–Trinajstić information content (AvgIpc) is 3.34. The first-order valence-electron chi connectivity index (χ1n) is 9.47. The molecule has 4 aromatic rings. The second-order valence-corrected chi connectivity index (χ2v) is 8.18. The summed E-state index contributed by atoms with van der Waals surface area (Å²) in [6.07, 6.45) is 1.48. The van der Waals surface area contributed by atoms with Crippen LogP contribution in [-0.4, -0.2) is 4.98 Å². The Hall–Kier alpha value is -3.48. The van der Waals surface area contributed by atoms with Crippen molar-refractivity contribution in [1.82, 2.24) is 4.98 Å². The number of aromatic nitrogens is 1. The molecular formula is C25H16ClN3OS. The van der Waals surface area contributed by atoms with E-state index in [0.717, 1.165) is 27.1 Å². The first-order chi connectivity index (χ1) is 15.2. The highest BCUT2D eigenvalue weighted by Crippen LogP contribution is 2.33. The van der Waals surface area contributed by atoms with E-state index in [0.29, 0.717) is 22.8 Å². The highest BCUT2D eigenvalue weighted by molar-refractivity contribution is 7.09. The summed E-state index contributed by atoms with van der Waals surface area (Å²) < 4.78 is 6.37. The van der Waals surface area contributed by atoms with Gasteiger partial charge >= 0.3 is 0 Å². The molecule has 1 atom stereocenters. The fourth-order valence-electron chi connectivity index (χ4n) is 3.30. The number of nitriles is 2. The standard InChI is InChI=1S/C25H16ClN3OS/c26-22-3-1-2-20(11-22)23-10-18(13-28)6-9-21(23)15-30-25(24-14-29-16-31-24)19-7-4-17(12-27)5-8-19/h1-11,14,16,25H,15H2. The Bertz CT molecular complexity index is 1270. The van der Waals surface area contributed by atoms with Crippen molar-refractivity contribution < 1.29 is 4.74 Å². The van der Waals surface area contributed by atoms with Crippen LogP contribution in [0.15, 0.2) is 78.4 Å². The summed E-state index contributed by atoms with van der Waals surface area (Å²) in [4.78, 5) is 5.16. The van der Waals surface area contributed by atoms with E-state index in [2.05, 4.69) is 17.1 Å². The summed E-state index contributed by atoms with van der Waals surface area (Å²) in [7, 11) is 0. The number of hydrogen-bond acceptors (Lipinski definition) is 5. The topological polar surface area (TPSA) is 69.7 Å². The predicted molar refractivity (Wildman–Crippen MR) is 122 cm³/mol. The maximum atomic E-state index is 9.35. The molecule has 0 N–H and O–H groups in total. The van der Waals surface area contributed by atoms with Gasteiger partial charge in [-0.1, -0.05) is 41.9 Å². The van der Waals surface area contributed by atoms with E-state index in [4.69, 9.17) is 21.6 Å². The lowest BCUT2D eigenvalue weighted by atomic mass is 9.97. The van der Waals surface area contributed by atoms with Crippen LogP contribution in [0.2, 0.25) is 5.02 Å². The van der Waals surface area contributed by atoms with Crippen LogP contribution in [0.4, 0.5) is 0 Å². The number of benzene rings is 3. The van der Waals surface area contributed by atoms with Crippen LogP contribution >= 0.6 is 22.9 Å². The minimum absolute atomic E-state index is 0.317. The van der Waals surface area contributed by atoms with E-state index in [9.17, 15) is 5.26 Å². The van der Waals surface area contributed by atoms with Crippen molar-refractivity contribution >= 4 is 22.9 Å². The molecule has 0 aliphatic heterocycles. The monoisotopic (exact) mass is 441 g/mol. The summed E-state index contributed by atoms with van der Waals surface area (Å²) in [5.74, 6) is 0. The minimum Gasteiger partial charge on any atom is -0.363 e. The van der Waals surface area contributed by atoms with Crippen LogP contribution in [0, 0.1) is 22.7 Å². The lowest BCUT2D eigenvalue weighted by Crippen LogP contribution is -2.06. The van der Waals surface area contributed by atoms with Gasteiger partial charge in [0.1, 0.15) is 6.10 Å². The smallest absolute Gasteiger partial charge is 0.119 e. The van der Waals surface area contributed by atoms with E-state index in [1.165, 1.54) is 11.3 Å². The molecule has 0 saturated heterocycles. The van der Waals surface area contributed by atoms with Crippen LogP contribution in [0.1, 0.15) is 33.2 Å². The highest BCUT2D eigenvalue weighted by atomic mass is 35.5. The SMILES string of the molecule is N#Cc1ccc(C(OCc2ccc(C#N)cc2-c2cccc(Cl)c2)c2cncs2)cc1. The summed E-state index contributed by atoms with van der Waals surface area (Å²) in [5.41, 5.74) is 6.67. The highest BCUT2D eigenvalue weighted by Gasteiger charge is 2.18. The normalized spacial score (nSPS) is 11.5. The molecule has 0 bridgehead atoms. The van der Waals surface area contributed by atoms with Gasteiger partial charge in [0.15, 0.2) is 0 Å². The van der Waals surface area contributed by atoms with Gasteiger partial charge in [-0.15, -0.1) is 11.3 Å². The van der Waals surface area contributed by atoms with Gasteiger partial charge in [0, 0.05) is 11.2 Å². The molecule has 31 heavy (non-hydrogen) atoms. The minimum atomic E-state index is -0.317. The molecule has 0 spiro atoms. The number of ether oxygens (including phenoxy) is 1. The molecule has 6 heteroatoms. The van der Waals surface area contributed by atoms with Crippen LogP contribution in [0.25, 0.3) is 11.1 Å². The molecule has 0 fully saturated rings. The fraction of sp³-hybridized carbons (Fsp3) is 0.0800. The Morgan fingerprint density at radius 3 is 2.42 bits per heavy atom.